The van der Waals surface area contributed by atoms with Crippen molar-refractivity contribution in [1.29, 1.82) is 0 Å². The van der Waals surface area contributed by atoms with Crippen LogP contribution in [0.25, 0.3) is 0 Å². The van der Waals surface area contributed by atoms with Crippen LogP contribution in [0.3, 0.4) is 0 Å². The molecule has 0 bridgehead atoms. The number of nitrogens with one attached hydrogen (secondary N) is 1. The molecule has 0 aromatic heterocycles. The van der Waals surface area contributed by atoms with E-state index in [1.165, 1.54) is 0 Å². The van der Waals surface area contributed by atoms with E-state index in [9.17, 15) is 9.90 Å². The Bertz CT molecular complexity index is 746. The van der Waals surface area contributed by atoms with Crippen LogP contribution in [0.2, 0.25) is 0 Å². The zero-order valence-electron chi connectivity index (χ0n) is 14.1. The van der Waals surface area contributed by atoms with Gasteiger partial charge in [-0.3, -0.25) is 4.79 Å². The van der Waals surface area contributed by atoms with Crippen molar-refractivity contribution in [3.8, 4) is 0 Å². The van der Waals surface area contributed by atoms with Crippen molar-refractivity contribution in [2.75, 3.05) is 6.61 Å². The van der Waals surface area contributed by atoms with E-state index in [1.807, 2.05) is 54.6 Å². The second-order valence-electron chi connectivity index (χ2n) is 6.91. The molecule has 25 heavy (non-hydrogen) atoms. The lowest BCUT2D eigenvalue weighted by atomic mass is 9.88. The number of rotatable bonds is 3. The molecular weight excluding hydrogens is 314 g/mol. The predicted molar refractivity (Wildman–Crippen MR) is 94.9 cm³/mol. The van der Waals surface area contributed by atoms with Crippen molar-refractivity contribution < 1.29 is 14.6 Å². The molecule has 1 aliphatic carbocycles. The van der Waals surface area contributed by atoms with Crippen LogP contribution in [-0.2, 0) is 16.0 Å². The minimum atomic E-state index is -0.568. The van der Waals surface area contributed by atoms with Gasteiger partial charge in [0.05, 0.1) is 24.2 Å². The number of carbonyl (C=O) groups excluding carboxylic acids is 1. The van der Waals surface area contributed by atoms with Crippen molar-refractivity contribution in [3.05, 3.63) is 71.3 Å². The van der Waals surface area contributed by atoms with Gasteiger partial charge < -0.3 is 15.2 Å². The molecule has 130 valence electrons. The maximum atomic E-state index is 13.0. The third-order valence-electron chi connectivity index (χ3n) is 5.29. The summed E-state index contributed by atoms with van der Waals surface area (Å²) in [7, 11) is 0. The molecule has 1 saturated heterocycles. The highest BCUT2D eigenvalue weighted by Crippen LogP contribution is 2.36. The lowest BCUT2D eigenvalue weighted by Gasteiger charge is -2.32. The van der Waals surface area contributed by atoms with Crippen molar-refractivity contribution in [1.82, 2.24) is 5.32 Å². The van der Waals surface area contributed by atoms with E-state index < -0.39 is 6.10 Å². The normalized spacial score (nSPS) is 28.4. The van der Waals surface area contributed by atoms with Gasteiger partial charge >= 0.3 is 0 Å². The third kappa shape index (κ3) is 3.20. The minimum Gasteiger partial charge on any atom is -0.390 e. The number of benzene rings is 2. The molecule has 2 aromatic carbocycles. The van der Waals surface area contributed by atoms with Gasteiger partial charge in [0.25, 0.3) is 0 Å². The topological polar surface area (TPSA) is 58.6 Å². The Morgan fingerprint density at radius 3 is 2.68 bits per heavy atom. The van der Waals surface area contributed by atoms with E-state index in [1.54, 1.807) is 0 Å². The van der Waals surface area contributed by atoms with Gasteiger partial charge in [-0.05, 0) is 29.5 Å². The summed E-state index contributed by atoms with van der Waals surface area (Å²) >= 11 is 0. The molecule has 0 spiro atoms. The smallest absolute Gasteiger partial charge is 0.226 e. The minimum absolute atomic E-state index is 0.0330. The first-order valence-corrected chi connectivity index (χ1v) is 8.97. The summed E-state index contributed by atoms with van der Waals surface area (Å²) in [6, 6.07) is 17.5. The van der Waals surface area contributed by atoms with Crippen LogP contribution in [0, 0.1) is 5.92 Å². The number of fused-ring (bicyclic) bond motifs is 1. The van der Waals surface area contributed by atoms with Gasteiger partial charge in [0, 0.05) is 13.0 Å². The van der Waals surface area contributed by atoms with Gasteiger partial charge in [-0.2, -0.15) is 0 Å². The molecule has 4 heteroatoms. The monoisotopic (exact) mass is 337 g/mol. The van der Waals surface area contributed by atoms with E-state index in [4.69, 9.17) is 4.74 Å². The Morgan fingerprint density at radius 1 is 1.08 bits per heavy atom. The molecule has 0 radical (unpaired) electrons. The fraction of sp³-hybridized carbons (Fsp3) is 0.381. The number of hydrogen-bond donors (Lipinski definition) is 2. The molecule has 4 rings (SSSR count). The van der Waals surface area contributed by atoms with E-state index in [0.29, 0.717) is 13.0 Å². The summed E-state index contributed by atoms with van der Waals surface area (Å²) in [6.07, 6.45) is 1.48. The maximum Gasteiger partial charge on any atom is 0.226 e. The Balaban J connectivity index is 1.54. The van der Waals surface area contributed by atoms with Crippen molar-refractivity contribution in [3.63, 3.8) is 0 Å². The van der Waals surface area contributed by atoms with Crippen LogP contribution in [0.1, 0.15) is 41.7 Å². The highest BCUT2D eigenvalue weighted by molar-refractivity contribution is 5.80. The summed E-state index contributed by atoms with van der Waals surface area (Å²) < 4.78 is 5.94. The third-order valence-corrected chi connectivity index (χ3v) is 5.29. The van der Waals surface area contributed by atoms with Gasteiger partial charge in [0.1, 0.15) is 0 Å². The molecule has 1 fully saturated rings. The van der Waals surface area contributed by atoms with Crippen molar-refractivity contribution >= 4 is 5.91 Å². The first-order chi connectivity index (χ1) is 12.2. The standard InChI is InChI=1S/C21H23NO3/c23-18-13-15-9-4-5-10-16(15)19(18)22-21(24)17-11-6-12-25-20(17)14-7-2-1-3-8-14/h1-5,7-10,17-20,23H,6,11-13H2,(H,22,24)/t17-,18+,19-,20+/m1/s1. The number of aliphatic hydroxyl groups is 1. The molecule has 4 atom stereocenters. The molecule has 4 nitrogen and oxygen atoms in total. The number of hydrogen-bond acceptors (Lipinski definition) is 3. The van der Waals surface area contributed by atoms with Crippen LogP contribution in [-0.4, -0.2) is 23.7 Å². The van der Waals surface area contributed by atoms with E-state index in [-0.39, 0.29) is 24.0 Å². The summed E-state index contributed by atoms with van der Waals surface area (Å²) in [6.45, 7) is 0.679. The number of amides is 1. The lowest BCUT2D eigenvalue weighted by molar-refractivity contribution is -0.136. The number of aliphatic hydroxyl groups excluding tert-OH is 1. The quantitative estimate of drug-likeness (QED) is 0.905. The molecule has 1 aliphatic heterocycles. The molecule has 1 amide bonds. The second-order valence-corrected chi connectivity index (χ2v) is 6.91. The Morgan fingerprint density at radius 2 is 1.84 bits per heavy atom. The zero-order valence-corrected chi connectivity index (χ0v) is 14.1. The fourth-order valence-electron chi connectivity index (χ4n) is 4.03. The first-order valence-electron chi connectivity index (χ1n) is 8.97. The zero-order chi connectivity index (χ0) is 17.2. The van der Waals surface area contributed by atoms with Crippen LogP contribution < -0.4 is 5.32 Å². The van der Waals surface area contributed by atoms with Crippen molar-refractivity contribution in [2.45, 2.75) is 37.5 Å². The summed E-state index contributed by atoms with van der Waals surface area (Å²) in [5.41, 5.74) is 3.17. The predicted octanol–water partition coefficient (Wildman–Crippen LogP) is 2.93. The average molecular weight is 337 g/mol. The Hall–Kier alpha value is -2.17. The van der Waals surface area contributed by atoms with E-state index in [2.05, 4.69) is 5.32 Å². The van der Waals surface area contributed by atoms with Crippen LogP contribution in [0.4, 0.5) is 0 Å². The second kappa shape index (κ2) is 6.98. The Kier molecular flexibility index (Phi) is 4.55. The molecule has 2 aliphatic rings. The molecule has 0 unspecified atom stereocenters. The van der Waals surface area contributed by atoms with Gasteiger partial charge in [-0.1, -0.05) is 54.6 Å². The maximum absolute atomic E-state index is 13.0. The molecule has 1 heterocycles. The van der Waals surface area contributed by atoms with E-state index in [0.717, 1.165) is 29.5 Å². The lowest BCUT2D eigenvalue weighted by Crippen LogP contribution is -2.41. The van der Waals surface area contributed by atoms with Gasteiger partial charge in [0.2, 0.25) is 5.91 Å². The van der Waals surface area contributed by atoms with Gasteiger partial charge in [-0.15, -0.1) is 0 Å². The van der Waals surface area contributed by atoms with Gasteiger partial charge in [-0.25, -0.2) is 0 Å². The highest BCUT2D eigenvalue weighted by Gasteiger charge is 2.37. The number of ether oxygens (including phenoxy) is 1. The fourth-order valence-corrected chi connectivity index (χ4v) is 4.03. The van der Waals surface area contributed by atoms with Crippen LogP contribution in [0.15, 0.2) is 54.6 Å². The Labute approximate surface area is 147 Å². The van der Waals surface area contributed by atoms with Gasteiger partial charge in [0.15, 0.2) is 0 Å². The van der Waals surface area contributed by atoms with Crippen LogP contribution >= 0.6 is 0 Å². The van der Waals surface area contributed by atoms with Crippen LogP contribution in [0.5, 0.6) is 0 Å². The SMILES string of the molecule is O=C(N[C@@H]1c2ccccc2C[C@@H]1O)[C@@H]1CCCO[C@H]1c1ccccc1. The average Bonchev–Trinajstić information content (AvgIpc) is 2.98. The largest absolute Gasteiger partial charge is 0.390 e. The molecule has 2 aromatic rings. The molecule has 2 N–H and O–H groups in total. The summed E-state index contributed by atoms with van der Waals surface area (Å²) in [5.74, 6) is -0.259. The highest BCUT2D eigenvalue weighted by atomic mass is 16.5. The number of carbonyl (C=O) groups is 1. The summed E-state index contributed by atoms with van der Waals surface area (Å²) in [4.78, 5) is 13.0. The first kappa shape index (κ1) is 16.3. The van der Waals surface area contributed by atoms with E-state index >= 15 is 0 Å². The molecule has 0 saturated carbocycles. The van der Waals surface area contributed by atoms with Crippen molar-refractivity contribution in [2.24, 2.45) is 5.92 Å². The summed E-state index contributed by atoms with van der Waals surface area (Å²) in [5, 5.41) is 13.5. The molecular formula is C21H23NO3.